The molecular weight excluding hydrogens is 146 g/mol. The minimum atomic E-state index is 0.733. The van der Waals surface area contributed by atoms with E-state index < -0.39 is 0 Å². The zero-order chi connectivity index (χ0) is 9.23. The lowest BCUT2D eigenvalue weighted by molar-refractivity contribution is 0.404. The monoisotopic (exact) mass is 169 g/mol. The molecule has 0 aromatic rings. The van der Waals surface area contributed by atoms with Crippen molar-refractivity contribution in [2.75, 3.05) is 0 Å². The largest absolute Gasteiger partial charge is 0.389 e. The molecule has 0 bridgehead atoms. The van der Waals surface area contributed by atoms with Gasteiger partial charge in [-0.2, -0.15) is 0 Å². The summed E-state index contributed by atoms with van der Waals surface area (Å²) in [4.78, 5) is 0. The molecule has 1 heteroatoms. The first kappa shape index (κ1) is 11.5. The molecule has 0 radical (unpaired) electrons. The van der Waals surface area contributed by atoms with E-state index in [1.54, 1.807) is 0 Å². The van der Waals surface area contributed by atoms with Crippen LogP contribution >= 0.6 is 0 Å². The predicted octanol–water partition coefficient (Wildman–Crippen LogP) is 3.47. The van der Waals surface area contributed by atoms with Crippen molar-refractivity contribution in [3.8, 4) is 0 Å². The van der Waals surface area contributed by atoms with Crippen LogP contribution in [-0.4, -0.2) is 6.04 Å². The quantitative estimate of drug-likeness (QED) is 0.667. The highest BCUT2D eigenvalue weighted by molar-refractivity contribution is 4.76. The van der Waals surface area contributed by atoms with Crippen molar-refractivity contribution in [1.29, 1.82) is 0 Å². The number of nitrogens with one attached hydrogen (secondary N) is 1. The molecule has 0 atom stereocenters. The highest BCUT2D eigenvalue weighted by Crippen LogP contribution is 2.16. The molecule has 1 N–H and O–H groups in total. The maximum Gasteiger partial charge on any atom is 0.0255 e. The van der Waals surface area contributed by atoms with E-state index in [2.05, 4.69) is 25.7 Å². The zero-order valence-corrected chi connectivity index (χ0v) is 8.60. The lowest BCUT2D eigenvalue weighted by Crippen LogP contribution is -2.25. The third-order valence-corrected chi connectivity index (χ3v) is 1.96. The molecule has 1 aliphatic rings. The Morgan fingerprint density at radius 2 is 1.75 bits per heavy atom. The lowest BCUT2D eigenvalue weighted by Gasteiger charge is -2.21. The predicted molar refractivity (Wildman–Crippen MR) is 56.2 cm³/mol. The lowest BCUT2D eigenvalue weighted by atomic mass is 9.96. The summed E-state index contributed by atoms with van der Waals surface area (Å²) in [5.41, 5.74) is 0. The fraction of sp³-hybridized carbons (Fsp3) is 0.818. The molecule has 0 amide bonds. The highest BCUT2D eigenvalue weighted by atomic mass is 14.9. The maximum atomic E-state index is 3.64. The molecule has 1 saturated carbocycles. The molecule has 0 aromatic carbocycles. The van der Waals surface area contributed by atoms with Gasteiger partial charge in [0.1, 0.15) is 0 Å². The van der Waals surface area contributed by atoms with Gasteiger partial charge < -0.3 is 5.32 Å². The number of hydrogen-bond acceptors (Lipinski definition) is 1. The van der Waals surface area contributed by atoms with E-state index in [0.717, 1.165) is 6.04 Å². The van der Waals surface area contributed by atoms with Crippen LogP contribution in [0.3, 0.4) is 0 Å². The molecular formula is C11H23N. The van der Waals surface area contributed by atoms with Gasteiger partial charge in [0.05, 0.1) is 0 Å². The van der Waals surface area contributed by atoms with Crippen molar-refractivity contribution < 1.29 is 0 Å². The average Bonchev–Trinajstić information content (AvgIpc) is 2.08. The Kier molecular flexibility index (Phi) is 8.30. The Labute approximate surface area is 77.2 Å². The second-order valence-corrected chi connectivity index (χ2v) is 3.41. The Hall–Kier alpha value is -0.460. The van der Waals surface area contributed by atoms with Crippen molar-refractivity contribution in [2.24, 2.45) is 0 Å². The molecule has 12 heavy (non-hydrogen) atoms. The van der Waals surface area contributed by atoms with Gasteiger partial charge in [-0.25, -0.2) is 0 Å². The smallest absolute Gasteiger partial charge is 0.0255 e. The molecule has 1 rings (SSSR count). The van der Waals surface area contributed by atoms with E-state index in [9.17, 15) is 0 Å². The normalized spacial score (nSPS) is 17.5. The van der Waals surface area contributed by atoms with E-state index in [4.69, 9.17) is 0 Å². The summed E-state index contributed by atoms with van der Waals surface area (Å²) in [7, 11) is 0. The van der Waals surface area contributed by atoms with Crippen LogP contribution in [0.5, 0.6) is 0 Å². The van der Waals surface area contributed by atoms with Gasteiger partial charge >= 0.3 is 0 Å². The van der Waals surface area contributed by atoms with Gasteiger partial charge in [0, 0.05) is 6.04 Å². The van der Waals surface area contributed by atoms with E-state index in [-0.39, 0.29) is 0 Å². The molecule has 0 unspecified atom stereocenters. The third-order valence-electron chi connectivity index (χ3n) is 1.96. The van der Waals surface area contributed by atoms with E-state index >= 15 is 0 Å². The van der Waals surface area contributed by atoms with E-state index in [1.165, 1.54) is 38.5 Å². The molecule has 0 aliphatic heterocycles. The van der Waals surface area contributed by atoms with Crippen LogP contribution in [0.1, 0.15) is 52.4 Å². The van der Waals surface area contributed by atoms with Gasteiger partial charge in [-0.15, -0.1) is 0 Å². The Morgan fingerprint density at radius 1 is 1.25 bits per heavy atom. The molecule has 0 heterocycles. The molecule has 0 aromatic heterocycles. The summed E-state index contributed by atoms with van der Waals surface area (Å²) in [6, 6.07) is 0.733. The average molecular weight is 169 g/mol. The first-order chi connectivity index (χ1) is 5.85. The van der Waals surface area contributed by atoms with Crippen molar-refractivity contribution in [2.45, 2.75) is 58.4 Å². The van der Waals surface area contributed by atoms with Gasteiger partial charge in [-0.1, -0.05) is 46.1 Å². The van der Waals surface area contributed by atoms with Gasteiger partial charge in [0.25, 0.3) is 0 Å². The Bertz CT molecular complexity index is 93.2. The fourth-order valence-electron chi connectivity index (χ4n) is 1.44. The van der Waals surface area contributed by atoms with Crippen molar-refractivity contribution >= 4 is 0 Å². The third kappa shape index (κ3) is 6.26. The molecule has 1 aliphatic carbocycles. The molecule has 72 valence electrons. The second-order valence-electron chi connectivity index (χ2n) is 3.41. The van der Waals surface area contributed by atoms with Gasteiger partial charge in [0.15, 0.2) is 0 Å². The highest BCUT2D eigenvalue weighted by Gasteiger charge is 2.09. The topological polar surface area (TPSA) is 12.0 Å². The number of rotatable bonds is 2. The minimum absolute atomic E-state index is 0.733. The molecule has 0 saturated heterocycles. The van der Waals surface area contributed by atoms with Crippen molar-refractivity contribution in [3.05, 3.63) is 12.8 Å². The summed E-state index contributed by atoms with van der Waals surface area (Å²) in [5, 5.41) is 3.25. The molecule has 1 fully saturated rings. The SMILES string of the molecule is C=CNC1CCCCC1.CCC. The van der Waals surface area contributed by atoms with Crippen LogP contribution in [0, 0.1) is 0 Å². The van der Waals surface area contributed by atoms with Gasteiger partial charge in [-0.05, 0) is 19.0 Å². The Morgan fingerprint density at radius 3 is 2.17 bits per heavy atom. The van der Waals surface area contributed by atoms with Gasteiger partial charge in [-0.3, -0.25) is 0 Å². The van der Waals surface area contributed by atoms with Crippen LogP contribution in [0.25, 0.3) is 0 Å². The fourth-order valence-corrected chi connectivity index (χ4v) is 1.44. The van der Waals surface area contributed by atoms with Crippen molar-refractivity contribution in [1.82, 2.24) is 5.32 Å². The Balaban J connectivity index is 0.000000354. The number of hydrogen-bond donors (Lipinski definition) is 1. The first-order valence-corrected chi connectivity index (χ1v) is 5.22. The van der Waals surface area contributed by atoms with Crippen LogP contribution < -0.4 is 5.32 Å². The van der Waals surface area contributed by atoms with Crippen LogP contribution in [0.4, 0.5) is 0 Å². The summed E-state index contributed by atoms with van der Waals surface area (Å²) >= 11 is 0. The van der Waals surface area contributed by atoms with Crippen LogP contribution in [-0.2, 0) is 0 Å². The van der Waals surface area contributed by atoms with E-state index in [1.807, 2.05) is 6.20 Å². The van der Waals surface area contributed by atoms with Crippen LogP contribution in [0.15, 0.2) is 12.8 Å². The minimum Gasteiger partial charge on any atom is -0.389 e. The zero-order valence-electron chi connectivity index (χ0n) is 8.60. The standard InChI is InChI=1S/C8H15N.C3H8/c1-2-9-8-6-4-3-5-7-8;1-3-2/h2,8-9H,1,3-7H2;3H2,1-2H3. The van der Waals surface area contributed by atoms with Crippen LogP contribution in [0.2, 0.25) is 0 Å². The van der Waals surface area contributed by atoms with Crippen molar-refractivity contribution in [3.63, 3.8) is 0 Å². The van der Waals surface area contributed by atoms with E-state index in [0.29, 0.717) is 0 Å². The first-order valence-electron chi connectivity index (χ1n) is 5.22. The summed E-state index contributed by atoms with van der Waals surface area (Å²) in [6.45, 7) is 7.89. The summed E-state index contributed by atoms with van der Waals surface area (Å²) < 4.78 is 0. The summed E-state index contributed by atoms with van der Waals surface area (Å²) in [6.07, 6.45) is 9.96. The molecule has 0 spiro atoms. The summed E-state index contributed by atoms with van der Waals surface area (Å²) in [5.74, 6) is 0. The second kappa shape index (κ2) is 8.63. The molecule has 1 nitrogen and oxygen atoms in total. The maximum absolute atomic E-state index is 3.64. The van der Waals surface area contributed by atoms with Gasteiger partial charge in [0.2, 0.25) is 0 Å².